The largest absolute Gasteiger partial charge is 0.259 e. The van der Waals surface area contributed by atoms with E-state index in [2.05, 4.69) is 11.6 Å². The first-order chi connectivity index (χ1) is 6.68. The first-order valence-electron chi connectivity index (χ1n) is 4.24. The molecule has 0 amide bonds. The number of hydrogen-bond donors (Lipinski definition) is 1. The SMILES string of the molecule is C=C(C)N(N)c1nc2ccccc2s1. The van der Waals surface area contributed by atoms with Crippen molar-refractivity contribution in [2.45, 2.75) is 6.92 Å². The van der Waals surface area contributed by atoms with E-state index in [-0.39, 0.29) is 0 Å². The number of rotatable bonds is 2. The maximum absolute atomic E-state index is 5.78. The minimum Gasteiger partial charge on any atom is -0.259 e. The molecule has 3 nitrogen and oxygen atoms in total. The number of hydrogen-bond acceptors (Lipinski definition) is 4. The van der Waals surface area contributed by atoms with Gasteiger partial charge in [-0.25, -0.2) is 10.8 Å². The quantitative estimate of drug-likeness (QED) is 0.605. The highest BCUT2D eigenvalue weighted by Gasteiger charge is 2.08. The molecule has 0 radical (unpaired) electrons. The molecule has 1 aromatic heterocycles. The molecule has 0 fully saturated rings. The van der Waals surface area contributed by atoms with Gasteiger partial charge in [0.2, 0.25) is 5.13 Å². The summed E-state index contributed by atoms with van der Waals surface area (Å²) < 4.78 is 1.14. The van der Waals surface area contributed by atoms with Crippen molar-refractivity contribution in [1.82, 2.24) is 4.98 Å². The molecule has 0 atom stereocenters. The summed E-state index contributed by atoms with van der Waals surface area (Å²) in [6, 6.07) is 7.96. The van der Waals surface area contributed by atoms with Gasteiger partial charge in [-0.15, -0.1) is 0 Å². The highest BCUT2D eigenvalue weighted by atomic mass is 32.1. The molecule has 2 aromatic rings. The summed E-state index contributed by atoms with van der Waals surface area (Å²) in [4.78, 5) is 4.39. The molecule has 1 aromatic carbocycles. The lowest BCUT2D eigenvalue weighted by Gasteiger charge is -2.13. The van der Waals surface area contributed by atoms with Gasteiger partial charge >= 0.3 is 0 Å². The van der Waals surface area contributed by atoms with Crippen LogP contribution in [0.5, 0.6) is 0 Å². The van der Waals surface area contributed by atoms with Gasteiger partial charge in [-0.2, -0.15) is 0 Å². The predicted molar refractivity (Wildman–Crippen MR) is 61.1 cm³/mol. The van der Waals surface area contributed by atoms with E-state index >= 15 is 0 Å². The second-order valence-corrected chi connectivity index (χ2v) is 4.08. The van der Waals surface area contributed by atoms with Gasteiger partial charge in [0.15, 0.2) is 0 Å². The zero-order valence-corrected chi connectivity index (χ0v) is 8.71. The van der Waals surface area contributed by atoms with Gasteiger partial charge in [-0.05, 0) is 19.1 Å². The Balaban J connectivity index is 2.50. The van der Waals surface area contributed by atoms with Crippen molar-refractivity contribution in [2.75, 3.05) is 5.01 Å². The van der Waals surface area contributed by atoms with Crippen molar-refractivity contribution < 1.29 is 0 Å². The van der Waals surface area contributed by atoms with Crippen LogP contribution >= 0.6 is 11.3 Å². The van der Waals surface area contributed by atoms with Gasteiger partial charge in [-0.1, -0.05) is 30.0 Å². The molecule has 0 bridgehead atoms. The number of nitrogens with zero attached hydrogens (tertiary/aromatic N) is 2. The van der Waals surface area contributed by atoms with Crippen LogP contribution in [-0.2, 0) is 0 Å². The number of benzene rings is 1. The van der Waals surface area contributed by atoms with Crippen LogP contribution in [0.15, 0.2) is 36.5 Å². The number of nitrogens with two attached hydrogens (primary N) is 1. The van der Waals surface area contributed by atoms with Crippen molar-refractivity contribution >= 4 is 26.7 Å². The molecular formula is C10H11N3S. The zero-order valence-electron chi connectivity index (χ0n) is 7.90. The lowest BCUT2D eigenvalue weighted by Crippen LogP contribution is -2.27. The Morgan fingerprint density at radius 2 is 2.21 bits per heavy atom. The maximum Gasteiger partial charge on any atom is 0.205 e. The summed E-state index contributed by atoms with van der Waals surface area (Å²) in [6.07, 6.45) is 0. The van der Waals surface area contributed by atoms with Gasteiger partial charge < -0.3 is 0 Å². The van der Waals surface area contributed by atoms with E-state index in [0.717, 1.165) is 21.0 Å². The summed E-state index contributed by atoms with van der Waals surface area (Å²) in [5, 5.41) is 2.28. The lowest BCUT2D eigenvalue weighted by molar-refractivity contribution is 0.993. The third-order valence-corrected chi connectivity index (χ3v) is 2.94. The molecule has 0 saturated carbocycles. The third-order valence-electron chi connectivity index (χ3n) is 1.90. The predicted octanol–water partition coefficient (Wildman–Crippen LogP) is 2.51. The summed E-state index contributed by atoms with van der Waals surface area (Å²) in [7, 11) is 0. The topological polar surface area (TPSA) is 42.1 Å². The summed E-state index contributed by atoms with van der Waals surface area (Å²) in [6.45, 7) is 5.62. The molecule has 72 valence electrons. The van der Waals surface area contributed by atoms with Crippen LogP contribution in [0.3, 0.4) is 0 Å². The second-order valence-electron chi connectivity index (χ2n) is 3.07. The Hall–Kier alpha value is -1.39. The molecule has 2 N–H and O–H groups in total. The molecule has 0 aliphatic rings. The van der Waals surface area contributed by atoms with E-state index in [4.69, 9.17) is 5.84 Å². The zero-order chi connectivity index (χ0) is 10.1. The fourth-order valence-electron chi connectivity index (χ4n) is 1.13. The Kier molecular flexibility index (Phi) is 2.23. The first-order valence-corrected chi connectivity index (χ1v) is 5.06. The van der Waals surface area contributed by atoms with E-state index in [0.29, 0.717) is 0 Å². The van der Waals surface area contributed by atoms with Crippen LogP contribution in [0, 0.1) is 0 Å². The molecule has 0 saturated heterocycles. The van der Waals surface area contributed by atoms with Gasteiger partial charge in [0.25, 0.3) is 0 Å². The summed E-state index contributed by atoms with van der Waals surface area (Å²) in [5.41, 5.74) is 1.76. The fraction of sp³-hybridized carbons (Fsp3) is 0.100. The fourth-order valence-corrected chi connectivity index (χ4v) is 2.09. The van der Waals surface area contributed by atoms with Gasteiger partial charge in [0.05, 0.1) is 10.2 Å². The normalized spacial score (nSPS) is 10.4. The smallest absolute Gasteiger partial charge is 0.205 e. The van der Waals surface area contributed by atoms with Crippen LogP contribution < -0.4 is 10.9 Å². The first kappa shape index (κ1) is 9.18. The van der Waals surface area contributed by atoms with Gasteiger partial charge in [0.1, 0.15) is 0 Å². The molecule has 0 aliphatic carbocycles. The summed E-state index contributed by atoms with van der Waals surface area (Å²) in [5.74, 6) is 5.78. The number of hydrazine groups is 1. The van der Waals surface area contributed by atoms with Crippen LogP contribution in [0.4, 0.5) is 5.13 Å². The average molecular weight is 205 g/mol. The molecule has 0 spiro atoms. The van der Waals surface area contributed by atoms with Crippen LogP contribution in [0.25, 0.3) is 10.2 Å². The number of aromatic nitrogens is 1. The van der Waals surface area contributed by atoms with Crippen molar-refractivity contribution in [3.63, 3.8) is 0 Å². The maximum atomic E-state index is 5.78. The van der Waals surface area contributed by atoms with E-state index in [9.17, 15) is 0 Å². The van der Waals surface area contributed by atoms with Crippen molar-refractivity contribution in [3.8, 4) is 0 Å². The molecule has 14 heavy (non-hydrogen) atoms. The highest BCUT2D eigenvalue weighted by molar-refractivity contribution is 7.22. The van der Waals surface area contributed by atoms with Crippen LogP contribution in [0.1, 0.15) is 6.92 Å². The molecule has 1 heterocycles. The number of allylic oxidation sites excluding steroid dienone is 1. The van der Waals surface area contributed by atoms with Gasteiger partial charge in [0, 0.05) is 5.70 Å². The van der Waals surface area contributed by atoms with E-state index in [1.807, 2.05) is 31.2 Å². The molecule has 2 rings (SSSR count). The number of thiazole rings is 1. The molecule has 4 heteroatoms. The van der Waals surface area contributed by atoms with Crippen molar-refractivity contribution in [2.24, 2.45) is 5.84 Å². The standard InChI is InChI=1S/C10H11N3S/c1-7(2)13(11)10-12-8-5-3-4-6-9(8)14-10/h3-6H,1,11H2,2H3. The average Bonchev–Trinajstić information content (AvgIpc) is 2.59. The highest BCUT2D eigenvalue weighted by Crippen LogP contribution is 2.28. The monoisotopic (exact) mass is 205 g/mol. The van der Waals surface area contributed by atoms with Crippen molar-refractivity contribution in [1.29, 1.82) is 0 Å². The van der Waals surface area contributed by atoms with Crippen LogP contribution in [0.2, 0.25) is 0 Å². The minimum absolute atomic E-state index is 0.777. The molecular weight excluding hydrogens is 194 g/mol. The number of para-hydroxylation sites is 1. The van der Waals surface area contributed by atoms with E-state index in [1.165, 1.54) is 5.01 Å². The Morgan fingerprint density at radius 3 is 2.86 bits per heavy atom. The third kappa shape index (κ3) is 1.49. The Labute approximate surface area is 86.4 Å². The van der Waals surface area contributed by atoms with Crippen molar-refractivity contribution in [3.05, 3.63) is 36.5 Å². The Bertz CT molecular complexity index is 442. The number of anilines is 1. The van der Waals surface area contributed by atoms with Gasteiger partial charge in [-0.3, -0.25) is 5.01 Å². The number of fused-ring (bicyclic) bond motifs is 1. The Morgan fingerprint density at radius 1 is 1.50 bits per heavy atom. The van der Waals surface area contributed by atoms with E-state index < -0.39 is 0 Å². The molecule has 0 unspecified atom stereocenters. The lowest BCUT2D eigenvalue weighted by atomic mass is 10.3. The summed E-state index contributed by atoms with van der Waals surface area (Å²) >= 11 is 1.56. The molecule has 0 aliphatic heterocycles. The second kappa shape index (κ2) is 3.40. The minimum atomic E-state index is 0.777. The van der Waals surface area contributed by atoms with Crippen LogP contribution in [-0.4, -0.2) is 4.98 Å². The van der Waals surface area contributed by atoms with E-state index in [1.54, 1.807) is 11.3 Å².